The Labute approximate surface area is 87.7 Å². The zero-order chi connectivity index (χ0) is 11.0. The first-order valence-corrected chi connectivity index (χ1v) is 4.63. The quantitative estimate of drug-likeness (QED) is 0.725. The third-order valence-corrected chi connectivity index (χ3v) is 2.23. The molecule has 0 bridgehead atoms. The van der Waals surface area contributed by atoms with Crippen LogP contribution in [-0.4, -0.2) is 14.8 Å². The van der Waals surface area contributed by atoms with Crippen LogP contribution in [0.2, 0.25) is 0 Å². The van der Waals surface area contributed by atoms with E-state index >= 15 is 0 Å². The highest BCUT2D eigenvalue weighted by Crippen LogP contribution is 2.17. The highest BCUT2D eigenvalue weighted by molar-refractivity contribution is 5.46. The van der Waals surface area contributed by atoms with Gasteiger partial charge >= 0.3 is 0 Å². The topological polar surface area (TPSA) is 82.8 Å². The molecule has 0 unspecified atom stereocenters. The average molecular weight is 203 g/mol. The van der Waals surface area contributed by atoms with Crippen LogP contribution in [0.15, 0.2) is 18.2 Å². The smallest absolute Gasteiger partial charge is 0.241 e. The van der Waals surface area contributed by atoms with Crippen molar-refractivity contribution in [3.05, 3.63) is 29.3 Å². The number of aryl methyl sites for hydroxylation is 2. The van der Waals surface area contributed by atoms with E-state index in [1.54, 1.807) is 4.68 Å². The molecule has 0 fully saturated rings. The molecule has 0 aliphatic rings. The van der Waals surface area contributed by atoms with E-state index in [-0.39, 0.29) is 5.95 Å². The molecule has 0 aliphatic heterocycles. The molecule has 1 aromatic carbocycles. The minimum atomic E-state index is 0.187. The van der Waals surface area contributed by atoms with Crippen LogP contribution < -0.4 is 11.5 Å². The summed E-state index contributed by atoms with van der Waals surface area (Å²) >= 11 is 0. The second-order valence-corrected chi connectivity index (χ2v) is 3.53. The fourth-order valence-electron chi connectivity index (χ4n) is 1.56. The SMILES string of the molecule is Cc1ccc(-n2nc(N)nc2N)c(C)c1. The Morgan fingerprint density at radius 3 is 2.47 bits per heavy atom. The standard InChI is InChI=1S/C10H13N5/c1-6-3-4-8(7(2)5-6)15-10(12)13-9(11)14-15/h3-5H,1-2H3,(H4,11,12,13,14). The molecule has 0 atom stereocenters. The summed E-state index contributed by atoms with van der Waals surface area (Å²) in [6, 6.07) is 6.02. The molecule has 0 saturated heterocycles. The lowest BCUT2D eigenvalue weighted by Gasteiger charge is -2.06. The van der Waals surface area contributed by atoms with Crippen LogP contribution >= 0.6 is 0 Å². The van der Waals surface area contributed by atoms with Gasteiger partial charge in [-0.15, -0.1) is 5.10 Å². The molecule has 0 amide bonds. The number of nitrogens with two attached hydrogens (primary N) is 2. The molecule has 0 saturated carbocycles. The number of aromatic nitrogens is 3. The lowest BCUT2D eigenvalue weighted by Crippen LogP contribution is -2.04. The van der Waals surface area contributed by atoms with Crippen LogP contribution in [0.5, 0.6) is 0 Å². The van der Waals surface area contributed by atoms with Crippen LogP contribution in [0, 0.1) is 13.8 Å². The molecule has 4 N–H and O–H groups in total. The maximum absolute atomic E-state index is 5.69. The van der Waals surface area contributed by atoms with Crippen LogP contribution in [0.25, 0.3) is 5.69 Å². The largest absolute Gasteiger partial charge is 0.368 e. The summed E-state index contributed by atoms with van der Waals surface area (Å²) in [5.74, 6) is 0.493. The van der Waals surface area contributed by atoms with Crippen LogP contribution in [-0.2, 0) is 0 Å². The maximum atomic E-state index is 5.69. The fourth-order valence-corrected chi connectivity index (χ4v) is 1.56. The second-order valence-electron chi connectivity index (χ2n) is 3.53. The zero-order valence-corrected chi connectivity index (χ0v) is 8.73. The Bertz CT molecular complexity index is 501. The van der Waals surface area contributed by atoms with Gasteiger partial charge < -0.3 is 11.5 Å². The van der Waals surface area contributed by atoms with Gasteiger partial charge in [0.05, 0.1) is 5.69 Å². The van der Waals surface area contributed by atoms with E-state index in [4.69, 9.17) is 11.5 Å². The molecule has 0 radical (unpaired) electrons. The van der Waals surface area contributed by atoms with Crippen LogP contribution in [0.3, 0.4) is 0 Å². The first kappa shape index (κ1) is 9.51. The van der Waals surface area contributed by atoms with Gasteiger partial charge in [0.25, 0.3) is 0 Å². The molecular formula is C10H13N5. The summed E-state index contributed by atoms with van der Waals surface area (Å²) in [7, 11) is 0. The monoisotopic (exact) mass is 203 g/mol. The first-order chi connectivity index (χ1) is 7.08. The van der Waals surface area contributed by atoms with Crippen molar-refractivity contribution in [2.75, 3.05) is 11.5 Å². The van der Waals surface area contributed by atoms with Gasteiger partial charge in [-0.1, -0.05) is 17.7 Å². The molecule has 2 aromatic rings. The lowest BCUT2D eigenvalue weighted by atomic mass is 10.1. The van der Waals surface area contributed by atoms with Gasteiger partial charge in [0.2, 0.25) is 11.9 Å². The van der Waals surface area contributed by atoms with E-state index in [1.165, 1.54) is 5.56 Å². The molecule has 15 heavy (non-hydrogen) atoms. The molecule has 1 aromatic heterocycles. The lowest BCUT2D eigenvalue weighted by molar-refractivity contribution is 0.886. The van der Waals surface area contributed by atoms with Gasteiger partial charge in [-0.3, -0.25) is 0 Å². The highest BCUT2D eigenvalue weighted by Gasteiger charge is 2.08. The van der Waals surface area contributed by atoms with E-state index < -0.39 is 0 Å². The summed E-state index contributed by atoms with van der Waals surface area (Å²) in [5, 5.41) is 4.03. The summed E-state index contributed by atoms with van der Waals surface area (Å²) < 4.78 is 1.55. The van der Waals surface area contributed by atoms with Gasteiger partial charge in [0.15, 0.2) is 0 Å². The number of nitrogens with zero attached hydrogens (tertiary/aromatic N) is 3. The molecule has 5 heteroatoms. The number of nitrogen functional groups attached to an aromatic ring is 2. The zero-order valence-electron chi connectivity index (χ0n) is 8.73. The van der Waals surface area contributed by atoms with E-state index in [2.05, 4.69) is 16.1 Å². The molecule has 78 valence electrons. The number of rotatable bonds is 1. The molecule has 1 heterocycles. The number of hydrogen-bond donors (Lipinski definition) is 2. The van der Waals surface area contributed by atoms with Crippen molar-refractivity contribution in [3.8, 4) is 5.69 Å². The predicted octanol–water partition coefficient (Wildman–Crippen LogP) is 1.05. The minimum absolute atomic E-state index is 0.187. The first-order valence-electron chi connectivity index (χ1n) is 4.63. The third kappa shape index (κ3) is 1.63. The van der Waals surface area contributed by atoms with Gasteiger partial charge in [-0.25, -0.2) is 0 Å². The Morgan fingerprint density at radius 1 is 1.20 bits per heavy atom. The van der Waals surface area contributed by atoms with Crippen molar-refractivity contribution in [2.45, 2.75) is 13.8 Å². The molecule has 2 rings (SSSR count). The molecule has 0 aliphatic carbocycles. The van der Waals surface area contributed by atoms with Gasteiger partial charge in [-0.2, -0.15) is 9.67 Å². The minimum Gasteiger partial charge on any atom is -0.368 e. The Kier molecular flexibility index (Phi) is 2.07. The van der Waals surface area contributed by atoms with Crippen molar-refractivity contribution in [1.82, 2.24) is 14.8 Å². The Morgan fingerprint density at radius 2 is 1.93 bits per heavy atom. The van der Waals surface area contributed by atoms with Crippen LogP contribution in [0.1, 0.15) is 11.1 Å². The maximum Gasteiger partial charge on any atom is 0.241 e. The van der Waals surface area contributed by atoms with E-state index in [0.29, 0.717) is 5.95 Å². The third-order valence-electron chi connectivity index (χ3n) is 2.23. The van der Waals surface area contributed by atoms with E-state index in [1.807, 2.05) is 26.0 Å². The van der Waals surface area contributed by atoms with Crippen molar-refractivity contribution in [2.24, 2.45) is 0 Å². The van der Waals surface area contributed by atoms with Crippen molar-refractivity contribution in [1.29, 1.82) is 0 Å². The Hall–Kier alpha value is -2.04. The van der Waals surface area contributed by atoms with Gasteiger partial charge in [0, 0.05) is 0 Å². The molecular weight excluding hydrogens is 190 g/mol. The summed E-state index contributed by atoms with van der Waals surface area (Å²) in [4.78, 5) is 3.86. The molecule has 0 spiro atoms. The van der Waals surface area contributed by atoms with Crippen molar-refractivity contribution in [3.63, 3.8) is 0 Å². The van der Waals surface area contributed by atoms with Gasteiger partial charge in [0.1, 0.15) is 0 Å². The molecule has 5 nitrogen and oxygen atoms in total. The number of benzene rings is 1. The highest BCUT2D eigenvalue weighted by atomic mass is 15.4. The summed E-state index contributed by atoms with van der Waals surface area (Å²) in [6.45, 7) is 4.04. The second kappa shape index (κ2) is 3.27. The average Bonchev–Trinajstić information content (AvgIpc) is 2.45. The van der Waals surface area contributed by atoms with E-state index in [0.717, 1.165) is 11.3 Å². The van der Waals surface area contributed by atoms with Crippen molar-refractivity contribution >= 4 is 11.9 Å². The number of hydrogen-bond acceptors (Lipinski definition) is 4. The predicted molar refractivity (Wildman–Crippen MR) is 59.7 cm³/mol. The summed E-state index contributed by atoms with van der Waals surface area (Å²) in [5.41, 5.74) is 14.4. The van der Waals surface area contributed by atoms with E-state index in [9.17, 15) is 0 Å². The number of anilines is 2. The van der Waals surface area contributed by atoms with Gasteiger partial charge in [-0.05, 0) is 25.5 Å². The van der Waals surface area contributed by atoms with Crippen molar-refractivity contribution < 1.29 is 0 Å². The fraction of sp³-hybridized carbons (Fsp3) is 0.200. The normalized spacial score (nSPS) is 10.5. The summed E-state index contributed by atoms with van der Waals surface area (Å²) in [6.07, 6.45) is 0. The Balaban J connectivity index is 2.59. The van der Waals surface area contributed by atoms with Crippen LogP contribution in [0.4, 0.5) is 11.9 Å².